The Bertz CT molecular complexity index is 867. The van der Waals surface area contributed by atoms with Crippen molar-refractivity contribution in [2.45, 2.75) is 52.0 Å². The molecule has 1 saturated heterocycles. The average molecular weight is 432 g/mol. The highest BCUT2D eigenvalue weighted by Gasteiger charge is 2.36. The molecule has 0 bridgehead atoms. The average Bonchev–Trinajstić information content (AvgIpc) is 2.63. The second-order valence-corrected chi connectivity index (χ2v) is 10.8. The number of benzene rings is 1. The summed E-state index contributed by atoms with van der Waals surface area (Å²) in [6, 6.07) is 5.60. The van der Waals surface area contributed by atoms with Gasteiger partial charge in [0.1, 0.15) is 6.04 Å². The predicted molar refractivity (Wildman–Crippen MR) is 111 cm³/mol. The van der Waals surface area contributed by atoms with E-state index in [9.17, 15) is 21.6 Å². The molecule has 0 saturated carbocycles. The maximum atomic E-state index is 12.7. The van der Waals surface area contributed by atoms with E-state index in [1.54, 1.807) is 38.1 Å². The molecule has 1 fully saturated rings. The van der Waals surface area contributed by atoms with Gasteiger partial charge in [-0.05, 0) is 49.9 Å². The molecule has 158 valence electrons. The Hall–Kier alpha value is -1.65. The van der Waals surface area contributed by atoms with E-state index in [4.69, 9.17) is 0 Å². The molecule has 0 spiro atoms. The molecular formula is C18H29N3O5S2. The molecule has 1 aliphatic heterocycles. The van der Waals surface area contributed by atoms with E-state index in [0.717, 1.165) is 12.8 Å². The molecule has 0 aliphatic carbocycles. The van der Waals surface area contributed by atoms with Crippen LogP contribution < -0.4 is 10.0 Å². The molecule has 2 N–H and O–H groups in total. The summed E-state index contributed by atoms with van der Waals surface area (Å²) in [5, 5.41) is 2.75. The zero-order valence-corrected chi connectivity index (χ0v) is 18.0. The van der Waals surface area contributed by atoms with Gasteiger partial charge in [-0.25, -0.2) is 16.8 Å². The Labute approximate surface area is 167 Å². The standard InChI is InChI=1S/C18H29N3O5S2/c1-3-13-27(23,24)20-16-10-8-15(9-11-16)19-18(22)17-7-5-6-12-21(17)28(25,26)14-4-2/h8-11,17,20H,3-7,12-14H2,1-2H3,(H,19,22). The Kier molecular flexibility index (Phi) is 7.85. The van der Waals surface area contributed by atoms with Crippen LogP contribution in [0.3, 0.4) is 0 Å². The summed E-state index contributed by atoms with van der Waals surface area (Å²) in [6.45, 7) is 3.94. The van der Waals surface area contributed by atoms with Crippen LogP contribution in [0, 0.1) is 0 Å². The lowest BCUT2D eigenvalue weighted by Gasteiger charge is -2.33. The molecule has 1 aromatic rings. The second-order valence-electron chi connectivity index (χ2n) is 6.93. The normalized spacial score (nSPS) is 18.6. The number of nitrogens with zero attached hydrogens (tertiary/aromatic N) is 1. The summed E-state index contributed by atoms with van der Waals surface area (Å²) in [6.07, 6.45) is 3.06. The third kappa shape index (κ3) is 6.18. The molecule has 0 aromatic heterocycles. The van der Waals surface area contributed by atoms with Crippen molar-refractivity contribution in [3.8, 4) is 0 Å². The summed E-state index contributed by atoms with van der Waals surface area (Å²) in [4.78, 5) is 12.7. The minimum atomic E-state index is -3.46. The Morgan fingerprint density at radius 2 is 1.61 bits per heavy atom. The fourth-order valence-electron chi connectivity index (χ4n) is 3.22. The first kappa shape index (κ1) is 22.6. The van der Waals surface area contributed by atoms with Crippen molar-refractivity contribution >= 4 is 37.3 Å². The number of carbonyl (C=O) groups excluding carboxylic acids is 1. The number of rotatable bonds is 9. The zero-order chi connectivity index (χ0) is 20.8. The van der Waals surface area contributed by atoms with Crippen LogP contribution in [0.15, 0.2) is 24.3 Å². The lowest BCUT2D eigenvalue weighted by atomic mass is 10.0. The molecule has 8 nitrogen and oxygen atoms in total. The van der Waals surface area contributed by atoms with Gasteiger partial charge < -0.3 is 5.32 Å². The minimum absolute atomic E-state index is 0.0311. The highest BCUT2D eigenvalue weighted by atomic mass is 32.2. The third-order valence-corrected chi connectivity index (χ3v) is 8.04. The van der Waals surface area contributed by atoms with Gasteiger partial charge in [-0.1, -0.05) is 20.3 Å². The van der Waals surface area contributed by atoms with Crippen LogP contribution in [0.4, 0.5) is 11.4 Å². The predicted octanol–water partition coefficient (Wildman–Crippen LogP) is 2.37. The second kappa shape index (κ2) is 9.71. The summed E-state index contributed by atoms with van der Waals surface area (Å²) in [7, 11) is -6.83. The first-order valence-electron chi connectivity index (χ1n) is 9.59. The van der Waals surface area contributed by atoms with E-state index in [0.29, 0.717) is 37.2 Å². The molecule has 1 aromatic carbocycles. The fraction of sp³-hybridized carbons (Fsp3) is 0.611. The van der Waals surface area contributed by atoms with Crippen molar-refractivity contribution in [1.82, 2.24) is 4.31 Å². The highest BCUT2D eigenvalue weighted by Crippen LogP contribution is 2.23. The summed E-state index contributed by atoms with van der Waals surface area (Å²) in [5.74, 6) is -0.294. The molecule has 1 heterocycles. The van der Waals surface area contributed by atoms with Crippen molar-refractivity contribution in [3.63, 3.8) is 0 Å². The number of anilines is 2. The maximum absolute atomic E-state index is 12.7. The van der Waals surface area contributed by atoms with Crippen molar-refractivity contribution in [3.05, 3.63) is 24.3 Å². The SMILES string of the molecule is CCCS(=O)(=O)Nc1ccc(NC(=O)C2CCCCN2S(=O)(=O)CCC)cc1. The van der Waals surface area contributed by atoms with Gasteiger partial charge in [0.25, 0.3) is 0 Å². The lowest BCUT2D eigenvalue weighted by Crippen LogP contribution is -2.50. The first-order valence-corrected chi connectivity index (χ1v) is 12.9. The largest absolute Gasteiger partial charge is 0.325 e. The van der Waals surface area contributed by atoms with Crippen molar-refractivity contribution in [1.29, 1.82) is 0 Å². The summed E-state index contributed by atoms with van der Waals surface area (Å²) in [5.41, 5.74) is 0.901. The van der Waals surface area contributed by atoms with E-state index in [2.05, 4.69) is 10.0 Å². The molecule has 1 atom stereocenters. The summed E-state index contributed by atoms with van der Waals surface area (Å²) >= 11 is 0. The Morgan fingerprint density at radius 1 is 1.00 bits per heavy atom. The lowest BCUT2D eigenvalue weighted by molar-refractivity contribution is -0.120. The first-order chi connectivity index (χ1) is 13.2. The molecule has 1 unspecified atom stereocenters. The van der Waals surface area contributed by atoms with Gasteiger partial charge in [0.05, 0.1) is 11.5 Å². The topological polar surface area (TPSA) is 113 Å². The van der Waals surface area contributed by atoms with Crippen LogP contribution in [0.5, 0.6) is 0 Å². The minimum Gasteiger partial charge on any atom is -0.325 e. The van der Waals surface area contributed by atoms with Crippen LogP contribution in [-0.2, 0) is 24.8 Å². The van der Waals surface area contributed by atoms with Crippen molar-refractivity contribution in [2.24, 2.45) is 0 Å². The molecule has 0 radical (unpaired) electrons. The van der Waals surface area contributed by atoms with E-state index < -0.39 is 26.1 Å². The van der Waals surface area contributed by atoms with E-state index in [-0.39, 0.29) is 17.4 Å². The van der Waals surface area contributed by atoms with E-state index in [1.165, 1.54) is 4.31 Å². The third-order valence-electron chi connectivity index (χ3n) is 4.47. The van der Waals surface area contributed by atoms with Crippen LogP contribution in [0.1, 0.15) is 46.0 Å². The molecule has 1 amide bonds. The van der Waals surface area contributed by atoms with Crippen LogP contribution in [-0.4, -0.2) is 51.1 Å². The Morgan fingerprint density at radius 3 is 2.21 bits per heavy atom. The molecule has 1 aliphatic rings. The molecule has 28 heavy (non-hydrogen) atoms. The van der Waals surface area contributed by atoms with Gasteiger partial charge in [0, 0.05) is 17.9 Å². The van der Waals surface area contributed by atoms with Gasteiger partial charge >= 0.3 is 0 Å². The van der Waals surface area contributed by atoms with Gasteiger partial charge in [0.2, 0.25) is 26.0 Å². The fourth-order valence-corrected chi connectivity index (χ4v) is 6.10. The van der Waals surface area contributed by atoms with Crippen LogP contribution in [0.25, 0.3) is 0 Å². The van der Waals surface area contributed by atoms with Gasteiger partial charge in [-0.2, -0.15) is 4.31 Å². The van der Waals surface area contributed by atoms with Crippen molar-refractivity contribution in [2.75, 3.05) is 28.1 Å². The number of hydrogen-bond acceptors (Lipinski definition) is 5. The molecule has 2 rings (SSSR count). The quantitative estimate of drug-likeness (QED) is 0.623. The Balaban J connectivity index is 2.07. The van der Waals surface area contributed by atoms with E-state index in [1.807, 2.05) is 0 Å². The number of amides is 1. The maximum Gasteiger partial charge on any atom is 0.242 e. The van der Waals surface area contributed by atoms with E-state index >= 15 is 0 Å². The highest BCUT2D eigenvalue weighted by molar-refractivity contribution is 7.92. The smallest absolute Gasteiger partial charge is 0.242 e. The number of sulfonamides is 2. The van der Waals surface area contributed by atoms with Gasteiger partial charge in [-0.3, -0.25) is 9.52 Å². The molecule has 10 heteroatoms. The summed E-state index contributed by atoms with van der Waals surface area (Å²) < 4.78 is 52.3. The monoisotopic (exact) mass is 431 g/mol. The zero-order valence-electron chi connectivity index (χ0n) is 16.3. The number of nitrogens with one attached hydrogen (secondary N) is 2. The van der Waals surface area contributed by atoms with Crippen molar-refractivity contribution < 1.29 is 21.6 Å². The van der Waals surface area contributed by atoms with Crippen LogP contribution >= 0.6 is 0 Å². The molecular weight excluding hydrogens is 402 g/mol. The van der Waals surface area contributed by atoms with Crippen LogP contribution in [0.2, 0.25) is 0 Å². The number of piperidine rings is 1. The van der Waals surface area contributed by atoms with Gasteiger partial charge in [0.15, 0.2) is 0 Å². The van der Waals surface area contributed by atoms with Gasteiger partial charge in [-0.15, -0.1) is 0 Å². The number of hydrogen-bond donors (Lipinski definition) is 2. The number of carbonyl (C=O) groups is 1.